The van der Waals surface area contributed by atoms with Gasteiger partial charge in [-0.3, -0.25) is 0 Å². The van der Waals surface area contributed by atoms with Crippen LogP contribution in [0.4, 0.5) is 11.4 Å². The predicted molar refractivity (Wildman–Crippen MR) is 282 cm³/mol. The quantitative estimate of drug-likeness (QED) is 0.179. The van der Waals surface area contributed by atoms with Gasteiger partial charge in [0.15, 0.2) is 7.28 Å². The van der Waals surface area contributed by atoms with E-state index in [4.69, 9.17) is 4.42 Å². The molecular formula is C62H55BN2O. The summed E-state index contributed by atoms with van der Waals surface area (Å²) >= 11 is 0. The normalized spacial score (nSPS) is 15.2. The van der Waals surface area contributed by atoms with Gasteiger partial charge in [0.1, 0.15) is 11.2 Å². The SMILES string of the molecule is CC(C)(C)c1ccc(Nc2cc3c(cc2-c2ccc4c5c6c(ccc5n5c4c2Bc2cc4c(cc2-5)-c2ccccc2C4(C)C)oc2ccccc26)-c2ccc(C(C)(C)C)cc2C3(C)C)cc1. The van der Waals surface area contributed by atoms with Gasteiger partial charge in [-0.15, -0.1) is 0 Å². The van der Waals surface area contributed by atoms with Gasteiger partial charge < -0.3 is 14.3 Å². The van der Waals surface area contributed by atoms with E-state index in [-0.39, 0.29) is 21.7 Å². The molecule has 13 rings (SSSR count). The lowest BCUT2D eigenvalue weighted by Gasteiger charge is -2.28. The first kappa shape index (κ1) is 39.6. The first-order chi connectivity index (χ1) is 31.5. The first-order valence-corrected chi connectivity index (χ1v) is 23.9. The Morgan fingerprint density at radius 2 is 1.15 bits per heavy atom. The van der Waals surface area contributed by atoms with Crippen LogP contribution in [0.25, 0.3) is 82.8 Å². The fourth-order valence-electron chi connectivity index (χ4n) is 12.3. The van der Waals surface area contributed by atoms with Crippen molar-refractivity contribution in [2.24, 2.45) is 0 Å². The van der Waals surface area contributed by atoms with Crippen LogP contribution in [0.15, 0.2) is 144 Å². The van der Waals surface area contributed by atoms with Crippen LogP contribution < -0.4 is 16.2 Å². The second kappa shape index (κ2) is 13.0. The Kier molecular flexibility index (Phi) is 7.78. The molecule has 0 bridgehead atoms. The highest BCUT2D eigenvalue weighted by molar-refractivity contribution is 6.73. The molecule has 66 heavy (non-hydrogen) atoms. The van der Waals surface area contributed by atoms with Crippen LogP contribution in [-0.2, 0) is 21.7 Å². The topological polar surface area (TPSA) is 30.1 Å². The lowest BCUT2D eigenvalue weighted by atomic mass is 9.58. The van der Waals surface area contributed by atoms with Gasteiger partial charge in [-0.05, 0) is 126 Å². The molecule has 2 aliphatic carbocycles. The number of benzene rings is 8. The number of nitrogens with zero attached hydrogens (tertiary/aromatic N) is 1. The summed E-state index contributed by atoms with van der Waals surface area (Å²) in [7, 11) is 0.821. The Hall–Kier alpha value is -6.78. The summed E-state index contributed by atoms with van der Waals surface area (Å²) in [6, 6.07) is 53.3. The summed E-state index contributed by atoms with van der Waals surface area (Å²) < 4.78 is 9.18. The maximum Gasteiger partial charge on any atom is 0.198 e. The number of hydrogen-bond donors (Lipinski definition) is 1. The fraction of sp³-hybridized carbons (Fsp3) is 0.226. The molecule has 1 N–H and O–H groups in total. The second-order valence-corrected chi connectivity index (χ2v) is 22.7. The number of nitrogens with one attached hydrogen (secondary N) is 1. The van der Waals surface area contributed by atoms with Gasteiger partial charge in [-0.1, -0.05) is 166 Å². The molecule has 0 spiro atoms. The summed E-state index contributed by atoms with van der Waals surface area (Å²) in [6.07, 6.45) is 0. The molecule has 0 radical (unpaired) electrons. The van der Waals surface area contributed by atoms with Crippen molar-refractivity contribution in [2.45, 2.75) is 90.9 Å². The number of fused-ring (bicyclic) bond motifs is 15. The van der Waals surface area contributed by atoms with Gasteiger partial charge in [-0.2, -0.15) is 0 Å². The third kappa shape index (κ3) is 5.33. The van der Waals surface area contributed by atoms with Crippen molar-refractivity contribution in [3.05, 3.63) is 173 Å². The second-order valence-electron chi connectivity index (χ2n) is 22.7. The molecule has 3 nitrogen and oxygen atoms in total. The number of para-hydroxylation sites is 1. The number of hydrogen-bond acceptors (Lipinski definition) is 2. The zero-order valence-corrected chi connectivity index (χ0v) is 39.8. The standard InChI is InChI=1S/C62H55BN2O/c1-59(2,3)34-19-22-36(23-20-34)64-50-33-48-42(38-24-21-35(60(4,5)6)29-46(38)62(48,9)10)30-44(50)39-25-26-41-55-51(27-28-54-56(55)40-16-12-14-18-53(40)66-54)65-52-31-43-37-15-11-13-17-45(37)61(7,8)47(43)32-49(52)63-57(39)58(41)65/h11-33,63-64H,1-10H3. The molecule has 3 aliphatic rings. The molecule has 8 aromatic carbocycles. The van der Waals surface area contributed by atoms with Crippen LogP contribution in [0.5, 0.6) is 0 Å². The minimum absolute atomic E-state index is 0.0518. The third-order valence-electron chi connectivity index (χ3n) is 15.9. The van der Waals surface area contributed by atoms with E-state index in [0.717, 1.165) is 35.2 Å². The van der Waals surface area contributed by atoms with Crippen LogP contribution in [-0.4, -0.2) is 11.8 Å². The van der Waals surface area contributed by atoms with Crippen molar-refractivity contribution in [3.63, 3.8) is 0 Å². The van der Waals surface area contributed by atoms with Crippen molar-refractivity contribution >= 4 is 73.3 Å². The monoisotopic (exact) mass is 854 g/mol. The predicted octanol–water partition coefficient (Wildman–Crippen LogP) is 15.0. The molecule has 4 heteroatoms. The van der Waals surface area contributed by atoms with Gasteiger partial charge in [0, 0.05) is 60.5 Å². The Morgan fingerprint density at radius 3 is 1.94 bits per heavy atom. The molecule has 10 aromatic rings. The van der Waals surface area contributed by atoms with E-state index in [2.05, 4.69) is 219 Å². The maximum atomic E-state index is 6.58. The molecule has 0 saturated carbocycles. The molecule has 322 valence electrons. The molecule has 0 amide bonds. The van der Waals surface area contributed by atoms with Crippen molar-refractivity contribution in [2.75, 3.05) is 5.32 Å². The first-order valence-electron chi connectivity index (χ1n) is 23.9. The molecular weight excluding hydrogens is 800 g/mol. The van der Waals surface area contributed by atoms with Gasteiger partial charge in [0.05, 0.1) is 5.52 Å². The zero-order chi connectivity index (χ0) is 45.4. The highest BCUT2D eigenvalue weighted by Gasteiger charge is 2.40. The summed E-state index contributed by atoms with van der Waals surface area (Å²) in [4.78, 5) is 0. The van der Waals surface area contributed by atoms with E-state index < -0.39 is 0 Å². The van der Waals surface area contributed by atoms with Crippen LogP contribution in [0, 0.1) is 0 Å². The summed E-state index contributed by atoms with van der Waals surface area (Å²) in [5.74, 6) is 0. The summed E-state index contributed by atoms with van der Waals surface area (Å²) in [5.41, 5.74) is 26.5. The van der Waals surface area contributed by atoms with Crippen LogP contribution >= 0.6 is 0 Å². The lowest BCUT2D eigenvalue weighted by molar-refractivity contribution is 0.584. The summed E-state index contributed by atoms with van der Waals surface area (Å²) in [6.45, 7) is 23.4. The maximum absolute atomic E-state index is 6.58. The molecule has 3 heterocycles. The zero-order valence-electron chi connectivity index (χ0n) is 39.8. The Morgan fingerprint density at radius 1 is 0.500 bits per heavy atom. The smallest absolute Gasteiger partial charge is 0.198 e. The molecule has 1 aliphatic heterocycles. The van der Waals surface area contributed by atoms with Gasteiger partial charge in [0.2, 0.25) is 0 Å². The van der Waals surface area contributed by atoms with Crippen LogP contribution in [0.3, 0.4) is 0 Å². The Balaban J connectivity index is 1.11. The van der Waals surface area contributed by atoms with E-state index in [1.54, 1.807) is 0 Å². The number of aromatic nitrogens is 1. The molecule has 2 aromatic heterocycles. The van der Waals surface area contributed by atoms with E-state index in [9.17, 15) is 0 Å². The minimum atomic E-state index is -0.177. The number of anilines is 2. The lowest BCUT2D eigenvalue weighted by Crippen LogP contribution is -2.38. The highest BCUT2D eigenvalue weighted by atomic mass is 16.3. The fourth-order valence-corrected chi connectivity index (χ4v) is 12.3. The van der Waals surface area contributed by atoms with Crippen LogP contribution in [0.2, 0.25) is 0 Å². The third-order valence-corrected chi connectivity index (χ3v) is 15.9. The molecule has 0 unspecified atom stereocenters. The van der Waals surface area contributed by atoms with E-state index in [1.807, 2.05) is 0 Å². The van der Waals surface area contributed by atoms with Gasteiger partial charge in [-0.25, -0.2) is 0 Å². The van der Waals surface area contributed by atoms with E-state index in [0.29, 0.717) is 0 Å². The number of furan rings is 1. The minimum Gasteiger partial charge on any atom is -0.456 e. The Bertz CT molecular complexity index is 3770. The largest absolute Gasteiger partial charge is 0.456 e. The van der Waals surface area contributed by atoms with Crippen molar-refractivity contribution in [3.8, 4) is 39.1 Å². The van der Waals surface area contributed by atoms with E-state index in [1.165, 1.54) is 111 Å². The van der Waals surface area contributed by atoms with Crippen molar-refractivity contribution < 1.29 is 4.42 Å². The average Bonchev–Trinajstić information content (AvgIpc) is 3.96. The van der Waals surface area contributed by atoms with Gasteiger partial charge >= 0.3 is 0 Å². The molecule has 0 saturated heterocycles. The molecule has 0 fully saturated rings. The van der Waals surface area contributed by atoms with Crippen molar-refractivity contribution in [1.82, 2.24) is 4.57 Å². The van der Waals surface area contributed by atoms with E-state index >= 15 is 0 Å². The van der Waals surface area contributed by atoms with Gasteiger partial charge in [0.25, 0.3) is 0 Å². The summed E-state index contributed by atoms with van der Waals surface area (Å²) in [5, 5.41) is 8.90. The highest BCUT2D eigenvalue weighted by Crippen LogP contribution is 2.54. The molecule has 0 atom stereocenters. The Labute approximate surface area is 388 Å². The number of rotatable bonds is 3. The van der Waals surface area contributed by atoms with Crippen molar-refractivity contribution in [1.29, 1.82) is 0 Å². The van der Waals surface area contributed by atoms with Crippen LogP contribution in [0.1, 0.15) is 103 Å². The average molecular weight is 855 g/mol.